The summed E-state index contributed by atoms with van der Waals surface area (Å²) in [5.74, 6) is 0.547. The van der Waals surface area contributed by atoms with Crippen LogP contribution in [0.25, 0.3) is 0 Å². The molecule has 2 rings (SSSR count). The number of anilines is 2. The first-order chi connectivity index (χ1) is 10.1. The van der Waals surface area contributed by atoms with E-state index in [0.29, 0.717) is 18.0 Å². The smallest absolute Gasteiger partial charge is 0.224 e. The Hall–Kier alpha value is -1.88. The predicted molar refractivity (Wildman–Crippen MR) is 84.4 cm³/mol. The molecule has 21 heavy (non-hydrogen) atoms. The van der Waals surface area contributed by atoms with Crippen LogP contribution >= 0.6 is 0 Å². The zero-order valence-corrected chi connectivity index (χ0v) is 12.7. The fourth-order valence-electron chi connectivity index (χ4n) is 2.55. The molecule has 1 aliphatic heterocycles. The van der Waals surface area contributed by atoms with Gasteiger partial charge in [0.05, 0.1) is 11.4 Å². The molecule has 1 saturated heterocycles. The zero-order chi connectivity index (χ0) is 15.2. The second kappa shape index (κ2) is 7.22. The third kappa shape index (κ3) is 4.29. The van der Waals surface area contributed by atoms with Crippen LogP contribution in [0.4, 0.5) is 11.4 Å². The minimum Gasteiger partial charge on any atom is -0.324 e. The molecule has 1 aromatic rings. The van der Waals surface area contributed by atoms with E-state index in [0.717, 1.165) is 31.6 Å². The molecule has 1 aromatic carbocycles. The predicted octanol–water partition coefficient (Wildman–Crippen LogP) is 2.00. The van der Waals surface area contributed by atoms with Gasteiger partial charge in [0.15, 0.2) is 0 Å². The maximum Gasteiger partial charge on any atom is 0.224 e. The Morgan fingerprint density at radius 1 is 1.38 bits per heavy atom. The lowest BCUT2D eigenvalue weighted by Gasteiger charge is -2.19. The molecule has 5 nitrogen and oxygen atoms in total. The van der Waals surface area contributed by atoms with Gasteiger partial charge in [-0.05, 0) is 44.0 Å². The van der Waals surface area contributed by atoms with Gasteiger partial charge in [0.1, 0.15) is 0 Å². The van der Waals surface area contributed by atoms with Crippen molar-refractivity contribution in [3.8, 4) is 0 Å². The van der Waals surface area contributed by atoms with Gasteiger partial charge >= 0.3 is 0 Å². The van der Waals surface area contributed by atoms with E-state index in [1.54, 1.807) is 7.05 Å². The van der Waals surface area contributed by atoms with Gasteiger partial charge in [0.2, 0.25) is 11.8 Å². The van der Waals surface area contributed by atoms with Crippen LogP contribution in [0.2, 0.25) is 0 Å². The molecule has 1 aliphatic rings. The van der Waals surface area contributed by atoms with Crippen LogP contribution in [0, 0.1) is 5.92 Å². The summed E-state index contributed by atoms with van der Waals surface area (Å²) in [6, 6.07) is 7.37. The third-order valence-electron chi connectivity index (χ3n) is 3.95. The Morgan fingerprint density at radius 2 is 2.14 bits per heavy atom. The van der Waals surface area contributed by atoms with Crippen LogP contribution in [0.3, 0.4) is 0 Å². The molecule has 2 amide bonds. The number of carbonyl (C=O) groups is 2. The van der Waals surface area contributed by atoms with Gasteiger partial charge in [-0.25, -0.2) is 0 Å². The van der Waals surface area contributed by atoms with Gasteiger partial charge in [-0.15, -0.1) is 0 Å². The Morgan fingerprint density at radius 3 is 2.81 bits per heavy atom. The summed E-state index contributed by atoms with van der Waals surface area (Å²) in [5, 5.41) is 6.22. The highest BCUT2D eigenvalue weighted by molar-refractivity contribution is 5.99. The van der Waals surface area contributed by atoms with Crippen molar-refractivity contribution in [2.45, 2.75) is 26.2 Å². The molecule has 1 fully saturated rings. The van der Waals surface area contributed by atoms with Crippen LogP contribution in [-0.4, -0.2) is 32.0 Å². The number of carbonyl (C=O) groups excluding carboxylic acids is 2. The average molecular weight is 289 g/mol. The largest absolute Gasteiger partial charge is 0.324 e. The maximum absolute atomic E-state index is 12.1. The summed E-state index contributed by atoms with van der Waals surface area (Å²) in [7, 11) is 1.71. The van der Waals surface area contributed by atoms with Crippen molar-refractivity contribution in [1.29, 1.82) is 0 Å². The number of nitrogens with one attached hydrogen (secondary N) is 2. The number of hydrogen-bond acceptors (Lipinski definition) is 3. The zero-order valence-electron chi connectivity index (χ0n) is 12.7. The maximum atomic E-state index is 12.1. The first-order valence-electron chi connectivity index (χ1n) is 7.42. The molecule has 1 atom stereocenters. The molecule has 2 N–H and O–H groups in total. The highest BCUT2D eigenvalue weighted by atomic mass is 16.2. The van der Waals surface area contributed by atoms with Gasteiger partial charge < -0.3 is 15.5 Å². The Kier molecular flexibility index (Phi) is 5.33. The second-order valence-electron chi connectivity index (χ2n) is 5.54. The monoisotopic (exact) mass is 289 g/mol. The van der Waals surface area contributed by atoms with Crippen LogP contribution in [0.1, 0.15) is 26.2 Å². The fraction of sp³-hybridized carbons (Fsp3) is 0.500. The standard InChI is InChI=1S/C16H23N3O2/c1-12(20)19(2)15-6-4-3-5-14(15)18-16(21)8-7-13-9-10-17-11-13/h3-6,13,17H,7-11H2,1-2H3,(H,18,21). The molecule has 0 aromatic heterocycles. The molecule has 5 heteroatoms. The lowest BCUT2D eigenvalue weighted by atomic mass is 10.0. The van der Waals surface area contributed by atoms with E-state index >= 15 is 0 Å². The average Bonchev–Trinajstić information content (AvgIpc) is 2.98. The van der Waals surface area contributed by atoms with Crippen molar-refractivity contribution < 1.29 is 9.59 Å². The van der Waals surface area contributed by atoms with Gasteiger partial charge in [-0.3, -0.25) is 9.59 Å². The van der Waals surface area contributed by atoms with E-state index in [1.165, 1.54) is 11.8 Å². The second-order valence-corrected chi connectivity index (χ2v) is 5.54. The van der Waals surface area contributed by atoms with Crippen molar-refractivity contribution in [2.75, 3.05) is 30.4 Å². The molecular formula is C16H23N3O2. The lowest BCUT2D eigenvalue weighted by Crippen LogP contribution is -2.25. The first kappa shape index (κ1) is 15.5. The van der Waals surface area contributed by atoms with Crippen molar-refractivity contribution in [1.82, 2.24) is 5.32 Å². The third-order valence-corrected chi connectivity index (χ3v) is 3.95. The molecular weight excluding hydrogens is 266 g/mol. The van der Waals surface area contributed by atoms with Crippen molar-refractivity contribution in [3.63, 3.8) is 0 Å². The van der Waals surface area contributed by atoms with Gasteiger partial charge in [0.25, 0.3) is 0 Å². The fourth-order valence-corrected chi connectivity index (χ4v) is 2.55. The normalized spacial score (nSPS) is 17.5. The van der Waals surface area contributed by atoms with E-state index in [2.05, 4.69) is 10.6 Å². The van der Waals surface area contributed by atoms with Crippen molar-refractivity contribution >= 4 is 23.2 Å². The topological polar surface area (TPSA) is 61.4 Å². The summed E-state index contributed by atoms with van der Waals surface area (Å²) < 4.78 is 0. The summed E-state index contributed by atoms with van der Waals surface area (Å²) in [6.45, 7) is 3.57. The van der Waals surface area contributed by atoms with E-state index in [9.17, 15) is 9.59 Å². The number of amides is 2. The Balaban J connectivity index is 1.95. The molecule has 1 unspecified atom stereocenters. The highest BCUT2D eigenvalue weighted by Crippen LogP contribution is 2.25. The molecule has 1 heterocycles. The van der Waals surface area contributed by atoms with E-state index in [1.807, 2.05) is 24.3 Å². The van der Waals surface area contributed by atoms with E-state index in [-0.39, 0.29) is 11.8 Å². The molecule has 0 radical (unpaired) electrons. The first-order valence-corrected chi connectivity index (χ1v) is 7.42. The van der Waals surface area contributed by atoms with E-state index in [4.69, 9.17) is 0 Å². The summed E-state index contributed by atoms with van der Waals surface area (Å²) in [4.78, 5) is 25.1. The number of nitrogens with zero attached hydrogens (tertiary/aromatic N) is 1. The molecule has 114 valence electrons. The van der Waals surface area contributed by atoms with Crippen LogP contribution in [-0.2, 0) is 9.59 Å². The number of hydrogen-bond donors (Lipinski definition) is 2. The van der Waals surface area contributed by atoms with Crippen molar-refractivity contribution in [2.24, 2.45) is 5.92 Å². The van der Waals surface area contributed by atoms with Crippen LogP contribution < -0.4 is 15.5 Å². The van der Waals surface area contributed by atoms with Gasteiger partial charge in [-0.1, -0.05) is 12.1 Å². The van der Waals surface area contributed by atoms with Crippen LogP contribution in [0.5, 0.6) is 0 Å². The number of para-hydroxylation sites is 2. The van der Waals surface area contributed by atoms with Gasteiger partial charge in [-0.2, -0.15) is 0 Å². The summed E-state index contributed by atoms with van der Waals surface area (Å²) in [5.41, 5.74) is 1.41. The summed E-state index contributed by atoms with van der Waals surface area (Å²) in [6.07, 6.45) is 2.57. The van der Waals surface area contributed by atoms with Gasteiger partial charge in [0, 0.05) is 20.4 Å². The molecule has 0 bridgehead atoms. The summed E-state index contributed by atoms with van der Waals surface area (Å²) >= 11 is 0. The quantitative estimate of drug-likeness (QED) is 0.871. The Bertz CT molecular complexity index is 510. The van der Waals surface area contributed by atoms with Crippen LogP contribution in [0.15, 0.2) is 24.3 Å². The SMILES string of the molecule is CC(=O)N(C)c1ccccc1NC(=O)CCC1CCNC1. The molecule has 0 saturated carbocycles. The molecule has 0 spiro atoms. The number of benzene rings is 1. The minimum absolute atomic E-state index is 0.00584. The molecule has 0 aliphatic carbocycles. The lowest BCUT2D eigenvalue weighted by molar-refractivity contribution is -0.117. The highest BCUT2D eigenvalue weighted by Gasteiger charge is 2.17. The van der Waals surface area contributed by atoms with Crippen molar-refractivity contribution in [3.05, 3.63) is 24.3 Å². The Labute approximate surface area is 125 Å². The van der Waals surface area contributed by atoms with E-state index < -0.39 is 0 Å². The number of rotatable bonds is 5. The minimum atomic E-state index is -0.0614.